The molecular weight excluding hydrogens is 428 g/mol. The predicted octanol–water partition coefficient (Wildman–Crippen LogP) is 4.44. The Labute approximate surface area is 190 Å². The van der Waals surface area contributed by atoms with Crippen LogP contribution in [-0.2, 0) is 0 Å². The van der Waals surface area contributed by atoms with Gasteiger partial charge in [0.25, 0.3) is 11.8 Å². The van der Waals surface area contributed by atoms with Crippen LogP contribution in [0.15, 0.2) is 46.8 Å². The maximum absolute atomic E-state index is 13.1. The first kappa shape index (κ1) is 21.8. The van der Waals surface area contributed by atoms with Gasteiger partial charge in [-0.25, -0.2) is 4.98 Å². The van der Waals surface area contributed by atoms with Gasteiger partial charge in [-0.3, -0.25) is 9.59 Å². The van der Waals surface area contributed by atoms with Crippen molar-refractivity contribution in [3.8, 4) is 0 Å². The zero-order valence-corrected chi connectivity index (χ0v) is 19.4. The van der Waals surface area contributed by atoms with Crippen LogP contribution in [-0.4, -0.2) is 65.6 Å². The van der Waals surface area contributed by atoms with Gasteiger partial charge in [-0.1, -0.05) is 30.8 Å². The molecule has 162 valence electrons. The van der Waals surface area contributed by atoms with Gasteiger partial charge < -0.3 is 15.1 Å². The molecule has 1 aliphatic rings. The Bertz CT molecular complexity index is 1090. The van der Waals surface area contributed by atoms with Crippen molar-refractivity contribution in [2.45, 2.75) is 17.7 Å². The summed E-state index contributed by atoms with van der Waals surface area (Å²) in [6.45, 7) is 5.18. The van der Waals surface area contributed by atoms with Crippen LogP contribution in [0, 0.1) is 0 Å². The molecule has 0 unspecified atom stereocenters. The van der Waals surface area contributed by atoms with Gasteiger partial charge in [0, 0.05) is 37.6 Å². The number of amides is 2. The van der Waals surface area contributed by atoms with Gasteiger partial charge >= 0.3 is 0 Å². The van der Waals surface area contributed by atoms with Crippen LogP contribution in [0.25, 0.3) is 10.2 Å². The highest BCUT2D eigenvalue weighted by molar-refractivity contribution is 8.01. The number of rotatable bonds is 6. The number of carbonyl (C=O) groups is 2. The number of anilines is 1. The van der Waals surface area contributed by atoms with Crippen LogP contribution >= 0.6 is 23.1 Å². The van der Waals surface area contributed by atoms with Gasteiger partial charge in [-0.15, -0.1) is 11.3 Å². The van der Waals surface area contributed by atoms with E-state index in [0.29, 0.717) is 29.9 Å². The second-order valence-electron chi connectivity index (χ2n) is 7.61. The highest BCUT2D eigenvalue weighted by Crippen LogP contribution is 2.31. The predicted molar refractivity (Wildman–Crippen MR) is 128 cm³/mol. The molecule has 0 aliphatic carbocycles. The number of likely N-dealkylation sites (N-methyl/N-ethyl adjacent to an activating group) is 1. The van der Waals surface area contributed by atoms with Crippen molar-refractivity contribution in [2.75, 3.05) is 44.3 Å². The highest BCUT2D eigenvalue weighted by Gasteiger charge is 2.24. The first-order chi connectivity index (χ1) is 15.0. The molecule has 1 aliphatic heterocycles. The van der Waals surface area contributed by atoms with E-state index in [2.05, 4.69) is 29.2 Å². The lowest BCUT2D eigenvalue weighted by Crippen LogP contribution is -2.47. The Balaban J connectivity index is 1.51. The van der Waals surface area contributed by atoms with E-state index in [-0.39, 0.29) is 11.8 Å². The fraction of sp³-hybridized carbons (Fsp3) is 0.348. The number of hydrogen-bond donors (Lipinski definition) is 1. The first-order valence-electron chi connectivity index (χ1n) is 10.5. The number of carbonyl (C=O) groups excluding carboxylic acids is 2. The maximum Gasteiger partial charge on any atom is 0.256 e. The zero-order chi connectivity index (χ0) is 21.8. The van der Waals surface area contributed by atoms with Crippen LogP contribution in [0.1, 0.15) is 34.1 Å². The number of thioether (sulfide) groups is 1. The molecule has 1 aromatic heterocycles. The quantitative estimate of drug-likeness (QED) is 0.558. The summed E-state index contributed by atoms with van der Waals surface area (Å²) in [4.78, 5) is 34.8. The summed E-state index contributed by atoms with van der Waals surface area (Å²) in [5.41, 5.74) is 2.49. The number of nitrogens with one attached hydrogen (secondary N) is 1. The summed E-state index contributed by atoms with van der Waals surface area (Å²) in [7, 11) is 2.05. The molecule has 2 amide bonds. The van der Waals surface area contributed by atoms with Crippen LogP contribution in [0.5, 0.6) is 0 Å². The normalized spacial score (nSPS) is 14.7. The fourth-order valence-corrected chi connectivity index (χ4v) is 5.51. The Morgan fingerprint density at radius 2 is 1.84 bits per heavy atom. The minimum Gasteiger partial charge on any atom is -0.336 e. The molecule has 31 heavy (non-hydrogen) atoms. The molecule has 2 heterocycles. The molecule has 3 aromatic rings. The number of fused-ring (bicyclic) bond motifs is 1. The summed E-state index contributed by atoms with van der Waals surface area (Å²) < 4.78 is 2.08. The smallest absolute Gasteiger partial charge is 0.256 e. The van der Waals surface area contributed by atoms with E-state index in [1.807, 2.05) is 23.1 Å². The lowest BCUT2D eigenvalue weighted by Gasteiger charge is -2.32. The van der Waals surface area contributed by atoms with Crippen LogP contribution in [0.3, 0.4) is 0 Å². The third kappa shape index (κ3) is 5.08. The highest BCUT2D eigenvalue weighted by atomic mass is 32.2. The van der Waals surface area contributed by atoms with Crippen molar-refractivity contribution in [1.82, 2.24) is 14.8 Å². The first-order valence-corrected chi connectivity index (χ1v) is 12.3. The van der Waals surface area contributed by atoms with E-state index >= 15 is 0 Å². The van der Waals surface area contributed by atoms with Crippen LogP contribution < -0.4 is 5.32 Å². The summed E-state index contributed by atoms with van der Waals surface area (Å²) >= 11 is 3.39. The Morgan fingerprint density at radius 1 is 1.10 bits per heavy atom. The molecule has 8 heteroatoms. The average Bonchev–Trinajstić information content (AvgIpc) is 3.20. The van der Waals surface area contributed by atoms with Gasteiger partial charge in [0.05, 0.1) is 21.3 Å². The van der Waals surface area contributed by atoms with Crippen molar-refractivity contribution in [2.24, 2.45) is 0 Å². The average molecular weight is 455 g/mol. The van der Waals surface area contributed by atoms with E-state index in [9.17, 15) is 9.59 Å². The number of hydrogen-bond acceptors (Lipinski definition) is 6. The van der Waals surface area contributed by atoms with E-state index < -0.39 is 0 Å². The van der Waals surface area contributed by atoms with Crippen molar-refractivity contribution >= 4 is 50.8 Å². The van der Waals surface area contributed by atoms with E-state index in [0.717, 1.165) is 39.8 Å². The summed E-state index contributed by atoms with van der Waals surface area (Å²) in [6, 6.07) is 12.8. The fourth-order valence-electron chi connectivity index (χ4n) is 3.48. The molecule has 0 radical (unpaired) electrons. The van der Waals surface area contributed by atoms with Gasteiger partial charge in [0.1, 0.15) is 0 Å². The number of nitrogens with zero attached hydrogens (tertiary/aromatic N) is 3. The molecular formula is C23H26N4O2S2. The standard InChI is InChI=1S/C23H26N4O2S2/c1-3-14-30-23-25-19-9-8-16(15-20(19)31-23)24-21(28)17-6-4-5-7-18(17)22(29)27-12-10-26(2)11-13-27/h4-9,15H,3,10-14H2,1-2H3,(H,24,28). The number of benzene rings is 2. The topological polar surface area (TPSA) is 65.5 Å². The Hall–Kier alpha value is -2.42. The molecule has 1 saturated heterocycles. The third-order valence-corrected chi connectivity index (χ3v) is 7.62. The molecule has 1 N–H and O–H groups in total. The summed E-state index contributed by atoms with van der Waals surface area (Å²) in [6.07, 6.45) is 1.11. The van der Waals surface area contributed by atoms with Crippen LogP contribution in [0.4, 0.5) is 5.69 Å². The zero-order valence-electron chi connectivity index (χ0n) is 17.8. The SMILES string of the molecule is CCCSc1nc2ccc(NC(=O)c3ccccc3C(=O)N3CCN(C)CC3)cc2s1. The third-order valence-electron chi connectivity index (χ3n) is 5.25. The molecule has 0 atom stereocenters. The summed E-state index contributed by atoms with van der Waals surface area (Å²) in [5.74, 6) is 0.679. The van der Waals surface area contributed by atoms with Crippen molar-refractivity contribution in [1.29, 1.82) is 0 Å². The van der Waals surface area contributed by atoms with Crippen LogP contribution in [0.2, 0.25) is 0 Å². The minimum absolute atomic E-state index is 0.0886. The van der Waals surface area contributed by atoms with E-state index in [1.54, 1.807) is 47.4 Å². The van der Waals surface area contributed by atoms with Gasteiger partial charge in [0.2, 0.25) is 0 Å². The monoisotopic (exact) mass is 454 g/mol. The van der Waals surface area contributed by atoms with Gasteiger partial charge in [0.15, 0.2) is 4.34 Å². The summed E-state index contributed by atoms with van der Waals surface area (Å²) in [5, 5.41) is 2.96. The second kappa shape index (κ2) is 9.80. The molecule has 4 rings (SSSR count). The lowest BCUT2D eigenvalue weighted by molar-refractivity contribution is 0.0660. The largest absolute Gasteiger partial charge is 0.336 e. The molecule has 2 aromatic carbocycles. The Kier molecular flexibility index (Phi) is 6.89. The maximum atomic E-state index is 13.1. The van der Waals surface area contributed by atoms with Gasteiger partial charge in [-0.2, -0.15) is 0 Å². The van der Waals surface area contributed by atoms with Gasteiger partial charge in [-0.05, 0) is 43.8 Å². The minimum atomic E-state index is -0.275. The Morgan fingerprint density at radius 3 is 2.58 bits per heavy atom. The number of piperazine rings is 1. The number of aromatic nitrogens is 1. The molecule has 0 bridgehead atoms. The molecule has 1 fully saturated rings. The van der Waals surface area contributed by atoms with Crippen molar-refractivity contribution < 1.29 is 9.59 Å². The van der Waals surface area contributed by atoms with Crippen molar-refractivity contribution in [3.05, 3.63) is 53.6 Å². The molecule has 6 nitrogen and oxygen atoms in total. The second-order valence-corrected chi connectivity index (χ2v) is 9.98. The van der Waals surface area contributed by atoms with E-state index in [1.165, 1.54) is 0 Å². The van der Waals surface area contributed by atoms with E-state index in [4.69, 9.17) is 0 Å². The van der Waals surface area contributed by atoms with Crippen molar-refractivity contribution in [3.63, 3.8) is 0 Å². The lowest BCUT2D eigenvalue weighted by atomic mass is 10.0. The number of thiazole rings is 1. The molecule has 0 saturated carbocycles. The molecule has 0 spiro atoms.